The molecule has 0 saturated heterocycles. The molecule has 0 radical (unpaired) electrons. The van der Waals surface area contributed by atoms with Crippen molar-refractivity contribution in [3.05, 3.63) is 34.2 Å². The van der Waals surface area contributed by atoms with Gasteiger partial charge in [0.05, 0.1) is 17.1 Å². The van der Waals surface area contributed by atoms with Crippen molar-refractivity contribution in [2.45, 2.75) is 32.3 Å². The molecule has 1 unspecified atom stereocenters. The fourth-order valence-corrected chi connectivity index (χ4v) is 2.30. The lowest BCUT2D eigenvalue weighted by Gasteiger charge is -2.10. The van der Waals surface area contributed by atoms with E-state index >= 15 is 0 Å². The van der Waals surface area contributed by atoms with Gasteiger partial charge in [0.25, 0.3) is 0 Å². The number of nitrogens with zero attached hydrogens (tertiary/aromatic N) is 2. The molecule has 98 valence electrons. The summed E-state index contributed by atoms with van der Waals surface area (Å²) in [5.74, 6) is 0. The molecule has 2 rings (SSSR count). The largest absolute Gasteiger partial charge is 0.388 e. The van der Waals surface area contributed by atoms with Gasteiger partial charge in [0, 0.05) is 14.1 Å². The Morgan fingerprint density at radius 1 is 1.22 bits per heavy atom. The first kappa shape index (κ1) is 12.9. The van der Waals surface area contributed by atoms with Gasteiger partial charge in [0.2, 0.25) is 0 Å². The molecule has 0 spiro atoms. The lowest BCUT2D eigenvalue weighted by atomic mass is 10.0. The molecule has 4 heteroatoms. The Kier molecular flexibility index (Phi) is 3.57. The Morgan fingerprint density at radius 2 is 1.89 bits per heavy atom. The second kappa shape index (κ2) is 4.98. The van der Waals surface area contributed by atoms with Crippen LogP contribution in [0.2, 0.25) is 0 Å². The second-order valence-corrected chi connectivity index (χ2v) is 4.81. The zero-order valence-corrected chi connectivity index (χ0v) is 11.2. The molecule has 2 aromatic rings. The number of hydrogen-bond donors (Lipinski definition) is 1. The molecule has 0 bridgehead atoms. The van der Waals surface area contributed by atoms with Crippen LogP contribution in [0.25, 0.3) is 11.0 Å². The van der Waals surface area contributed by atoms with Gasteiger partial charge in [-0.3, -0.25) is 9.13 Å². The number of fused-ring (bicyclic) bond motifs is 1. The second-order valence-electron chi connectivity index (χ2n) is 4.81. The summed E-state index contributed by atoms with van der Waals surface area (Å²) in [6, 6.07) is 5.72. The van der Waals surface area contributed by atoms with Gasteiger partial charge in [-0.05, 0) is 24.1 Å². The van der Waals surface area contributed by atoms with Crippen LogP contribution in [0.3, 0.4) is 0 Å². The highest BCUT2D eigenvalue weighted by Crippen LogP contribution is 2.22. The van der Waals surface area contributed by atoms with Crippen molar-refractivity contribution in [1.29, 1.82) is 0 Å². The van der Waals surface area contributed by atoms with Crippen LogP contribution in [0.5, 0.6) is 0 Å². The fourth-order valence-electron chi connectivity index (χ4n) is 2.30. The van der Waals surface area contributed by atoms with Crippen molar-refractivity contribution < 1.29 is 5.11 Å². The van der Waals surface area contributed by atoms with Gasteiger partial charge in [-0.1, -0.05) is 25.8 Å². The first-order valence-electron chi connectivity index (χ1n) is 6.39. The van der Waals surface area contributed by atoms with Crippen LogP contribution in [0.4, 0.5) is 0 Å². The van der Waals surface area contributed by atoms with E-state index in [2.05, 4.69) is 6.92 Å². The van der Waals surface area contributed by atoms with E-state index in [4.69, 9.17) is 0 Å². The maximum absolute atomic E-state index is 11.8. The maximum Gasteiger partial charge on any atom is 0.328 e. The summed E-state index contributed by atoms with van der Waals surface area (Å²) in [6.45, 7) is 2.11. The van der Waals surface area contributed by atoms with E-state index in [1.165, 1.54) is 0 Å². The standard InChI is InChI=1S/C14H20N2O2/c1-4-5-6-13(17)10-7-8-11-12(9-10)16(3)14(18)15(11)2/h7-9,13,17H,4-6H2,1-3H3. The number of benzene rings is 1. The van der Waals surface area contributed by atoms with Gasteiger partial charge in [-0.2, -0.15) is 0 Å². The van der Waals surface area contributed by atoms with E-state index in [1.807, 2.05) is 18.2 Å². The first-order valence-corrected chi connectivity index (χ1v) is 6.39. The molecule has 0 amide bonds. The normalized spacial score (nSPS) is 13.1. The van der Waals surface area contributed by atoms with E-state index in [1.54, 1.807) is 23.2 Å². The van der Waals surface area contributed by atoms with E-state index in [-0.39, 0.29) is 5.69 Å². The van der Waals surface area contributed by atoms with Gasteiger partial charge in [-0.15, -0.1) is 0 Å². The molecule has 0 aliphatic rings. The lowest BCUT2D eigenvalue weighted by molar-refractivity contribution is 0.164. The Morgan fingerprint density at radius 3 is 2.56 bits per heavy atom. The molecular formula is C14H20N2O2. The van der Waals surface area contributed by atoms with Gasteiger partial charge < -0.3 is 5.11 Å². The lowest BCUT2D eigenvalue weighted by Crippen LogP contribution is -2.19. The molecule has 1 aromatic carbocycles. The van der Waals surface area contributed by atoms with E-state index < -0.39 is 6.10 Å². The summed E-state index contributed by atoms with van der Waals surface area (Å²) in [4.78, 5) is 11.8. The molecule has 1 aromatic heterocycles. The summed E-state index contributed by atoms with van der Waals surface area (Å²) >= 11 is 0. The van der Waals surface area contributed by atoms with Crippen LogP contribution in [0.1, 0.15) is 37.9 Å². The number of aliphatic hydroxyl groups is 1. The minimum Gasteiger partial charge on any atom is -0.388 e. The van der Waals surface area contributed by atoms with Crippen molar-refractivity contribution in [2.24, 2.45) is 14.1 Å². The number of rotatable bonds is 4. The number of unbranched alkanes of at least 4 members (excludes halogenated alkanes) is 1. The highest BCUT2D eigenvalue weighted by molar-refractivity contribution is 5.76. The van der Waals surface area contributed by atoms with E-state index in [0.29, 0.717) is 0 Å². The summed E-state index contributed by atoms with van der Waals surface area (Å²) in [5, 5.41) is 10.1. The smallest absolute Gasteiger partial charge is 0.328 e. The van der Waals surface area contributed by atoms with Crippen molar-refractivity contribution in [3.8, 4) is 0 Å². The SMILES string of the molecule is CCCCC(O)c1ccc2c(c1)n(C)c(=O)n2C. The monoisotopic (exact) mass is 248 g/mol. The summed E-state index contributed by atoms with van der Waals surface area (Å²) in [6.07, 6.45) is 2.41. The molecule has 1 atom stereocenters. The van der Waals surface area contributed by atoms with Crippen LogP contribution < -0.4 is 5.69 Å². The van der Waals surface area contributed by atoms with Crippen LogP contribution in [-0.4, -0.2) is 14.2 Å². The van der Waals surface area contributed by atoms with Gasteiger partial charge in [0.15, 0.2) is 0 Å². The summed E-state index contributed by atoms with van der Waals surface area (Å²) in [7, 11) is 3.52. The number of imidazole rings is 1. The Balaban J connectivity index is 2.44. The van der Waals surface area contributed by atoms with Crippen molar-refractivity contribution in [3.63, 3.8) is 0 Å². The highest BCUT2D eigenvalue weighted by Gasteiger charge is 2.12. The molecule has 0 fully saturated rings. The molecule has 0 aliphatic heterocycles. The number of aryl methyl sites for hydroxylation is 2. The first-order chi connectivity index (χ1) is 8.56. The van der Waals surface area contributed by atoms with Crippen molar-refractivity contribution >= 4 is 11.0 Å². The molecule has 1 N–H and O–H groups in total. The number of aliphatic hydroxyl groups excluding tert-OH is 1. The molecule has 18 heavy (non-hydrogen) atoms. The van der Waals surface area contributed by atoms with E-state index in [9.17, 15) is 9.90 Å². The van der Waals surface area contributed by atoms with Crippen molar-refractivity contribution in [1.82, 2.24) is 9.13 Å². The summed E-state index contributed by atoms with van der Waals surface area (Å²) < 4.78 is 3.24. The number of aromatic nitrogens is 2. The topological polar surface area (TPSA) is 47.2 Å². The molecule has 0 saturated carbocycles. The molecule has 4 nitrogen and oxygen atoms in total. The molecule has 0 aliphatic carbocycles. The number of hydrogen-bond acceptors (Lipinski definition) is 2. The zero-order chi connectivity index (χ0) is 13.3. The molecular weight excluding hydrogens is 228 g/mol. The maximum atomic E-state index is 11.8. The zero-order valence-electron chi connectivity index (χ0n) is 11.2. The van der Waals surface area contributed by atoms with Gasteiger partial charge in [0.1, 0.15) is 0 Å². The minimum absolute atomic E-state index is 0.0369. The Labute approximate surface area is 106 Å². The van der Waals surface area contributed by atoms with Crippen LogP contribution in [-0.2, 0) is 14.1 Å². The van der Waals surface area contributed by atoms with Crippen LogP contribution in [0.15, 0.2) is 23.0 Å². The highest BCUT2D eigenvalue weighted by atomic mass is 16.3. The average molecular weight is 248 g/mol. The Hall–Kier alpha value is -1.55. The third-order valence-corrected chi connectivity index (χ3v) is 3.51. The quantitative estimate of drug-likeness (QED) is 0.900. The predicted octanol–water partition coefficient (Wildman–Crippen LogP) is 2.10. The van der Waals surface area contributed by atoms with Crippen LogP contribution in [0, 0.1) is 0 Å². The predicted molar refractivity (Wildman–Crippen MR) is 72.6 cm³/mol. The third kappa shape index (κ3) is 2.08. The third-order valence-electron chi connectivity index (χ3n) is 3.51. The minimum atomic E-state index is -0.440. The van der Waals surface area contributed by atoms with Gasteiger partial charge >= 0.3 is 5.69 Å². The van der Waals surface area contributed by atoms with Crippen molar-refractivity contribution in [2.75, 3.05) is 0 Å². The summed E-state index contributed by atoms with van der Waals surface area (Å²) in [5.41, 5.74) is 2.62. The fraction of sp³-hybridized carbons (Fsp3) is 0.500. The van der Waals surface area contributed by atoms with Crippen LogP contribution >= 0.6 is 0 Å². The average Bonchev–Trinajstić information content (AvgIpc) is 2.61. The van der Waals surface area contributed by atoms with Gasteiger partial charge in [-0.25, -0.2) is 4.79 Å². The Bertz CT molecular complexity index is 610. The molecule has 1 heterocycles. The van der Waals surface area contributed by atoms with E-state index in [0.717, 1.165) is 35.9 Å².